The number of carbonyl (C=O) groups is 6. The van der Waals surface area contributed by atoms with E-state index < -0.39 is 66.4 Å². The molecule has 1 fully saturated rings. The summed E-state index contributed by atoms with van der Waals surface area (Å²) in [5.41, 5.74) is 6.52. The van der Waals surface area contributed by atoms with Crippen molar-refractivity contribution < 1.29 is 48.1 Å². The van der Waals surface area contributed by atoms with E-state index in [9.17, 15) is 33.9 Å². The molecule has 1 aliphatic heterocycles. The quantitative estimate of drug-likeness (QED) is 0.0377. The van der Waals surface area contributed by atoms with Gasteiger partial charge in [0.05, 0.1) is 55.0 Å². The monoisotopic (exact) mass is 1010 g/mol. The first kappa shape index (κ1) is 63.5. The summed E-state index contributed by atoms with van der Waals surface area (Å²) in [7, 11) is 6.22. The van der Waals surface area contributed by atoms with E-state index in [0.717, 1.165) is 32.1 Å². The minimum absolute atomic E-state index is 0.0215. The van der Waals surface area contributed by atoms with Gasteiger partial charge in [-0.3, -0.25) is 28.9 Å². The fraction of sp³-hybridized carbons (Fsp3) is 0.745. The number of carbonyl (C=O) groups excluding carboxylic acids is 6. The molecule has 6 amide bonds. The predicted molar refractivity (Wildman–Crippen MR) is 282 cm³/mol. The van der Waals surface area contributed by atoms with Crippen LogP contribution in [-0.2, 0) is 38.2 Å². The first-order valence-corrected chi connectivity index (χ1v) is 26.6. The van der Waals surface area contributed by atoms with E-state index in [1.807, 2.05) is 73.6 Å². The Morgan fingerprint density at radius 3 is 2.08 bits per heavy atom. The van der Waals surface area contributed by atoms with Gasteiger partial charge in [-0.1, -0.05) is 105 Å². The van der Waals surface area contributed by atoms with Crippen molar-refractivity contribution >= 4 is 35.6 Å². The lowest BCUT2D eigenvalue weighted by Crippen LogP contribution is -2.60. The van der Waals surface area contributed by atoms with E-state index >= 15 is 0 Å². The number of unbranched alkanes of at least 4 members (excludes halogenated alkanes) is 1. The molecule has 11 unspecified atom stereocenters. The molecular weight excluding hydrogens is 919 g/mol. The normalized spacial score (nSPS) is 18.5. The molecule has 17 heteroatoms. The van der Waals surface area contributed by atoms with Crippen molar-refractivity contribution in [2.45, 2.75) is 194 Å². The molecule has 1 saturated heterocycles. The fourth-order valence-electron chi connectivity index (χ4n) is 9.95. The van der Waals surface area contributed by atoms with Crippen molar-refractivity contribution in [1.82, 2.24) is 30.7 Å². The zero-order chi connectivity index (χ0) is 54.2. The number of nitrogens with zero attached hydrogens (tertiary/aromatic N) is 3. The summed E-state index contributed by atoms with van der Waals surface area (Å²) >= 11 is 0. The van der Waals surface area contributed by atoms with Crippen molar-refractivity contribution in [2.75, 3.05) is 41.4 Å². The Kier molecular flexibility index (Phi) is 28.7. The molecule has 1 aromatic carbocycles. The summed E-state index contributed by atoms with van der Waals surface area (Å²) in [6.45, 7) is 19.9. The molecule has 1 heterocycles. The number of hydrogen-bond acceptors (Lipinski definition) is 11. The van der Waals surface area contributed by atoms with E-state index in [-0.39, 0.29) is 59.8 Å². The number of hydrogen-bond donors (Lipinski definition) is 5. The third kappa shape index (κ3) is 19.4. The molecule has 410 valence electrons. The van der Waals surface area contributed by atoms with Gasteiger partial charge in [0.25, 0.3) is 0 Å². The molecular formula is C55H95N7O10. The van der Waals surface area contributed by atoms with Crippen molar-refractivity contribution in [3.05, 3.63) is 48.2 Å². The molecule has 17 nitrogen and oxygen atoms in total. The number of allylic oxidation sites excluding steroid dienone is 1. The van der Waals surface area contributed by atoms with Crippen LogP contribution in [0.3, 0.4) is 0 Å². The number of rotatable bonds is 32. The molecule has 0 saturated carbocycles. The largest absolute Gasteiger partial charge is 0.418 e. The minimum atomic E-state index is -0.981. The molecule has 0 spiro atoms. The number of nitrogens with one attached hydrogen (secondary N) is 3. The average Bonchev–Trinajstić information content (AvgIpc) is 3.83. The Labute approximate surface area is 432 Å². The van der Waals surface area contributed by atoms with E-state index in [1.54, 1.807) is 48.9 Å². The van der Waals surface area contributed by atoms with E-state index in [0.29, 0.717) is 50.8 Å². The zero-order valence-electron chi connectivity index (χ0n) is 46.4. The number of methoxy groups -OCH3 is 2. The Morgan fingerprint density at radius 1 is 0.847 bits per heavy atom. The van der Waals surface area contributed by atoms with Crippen molar-refractivity contribution in [1.29, 1.82) is 0 Å². The number of aliphatic hydroxyl groups is 1. The summed E-state index contributed by atoms with van der Waals surface area (Å²) in [4.78, 5) is 87.6. The number of aliphatic hydroxyl groups excluding tert-OH is 1. The molecule has 1 aromatic rings. The van der Waals surface area contributed by atoms with Crippen LogP contribution in [0.4, 0.5) is 4.79 Å². The van der Waals surface area contributed by atoms with E-state index in [4.69, 9.17) is 19.9 Å². The highest BCUT2D eigenvalue weighted by Crippen LogP contribution is 2.30. The van der Waals surface area contributed by atoms with Crippen molar-refractivity contribution in [3.8, 4) is 0 Å². The van der Waals surface area contributed by atoms with Gasteiger partial charge in [-0.25, -0.2) is 4.79 Å². The Morgan fingerprint density at radius 2 is 1.51 bits per heavy atom. The Balaban J connectivity index is 2.16. The lowest BCUT2D eigenvalue weighted by molar-refractivity contribution is -0.148. The number of amides is 6. The fourth-order valence-corrected chi connectivity index (χ4v) is 9.95. The summed E-state index contributed by atoms with van der Waals surface area (Å²) in [6, 6.07) is 5.77. The maximum absolute atomic E-state index is 14.6. The Hall–Kier alpha value is -4.58. The van der Waals surface area contributed by atoms with E-state index in [1.165, 1.54) is 32.4 Å². The van der Waals surface area contributed by atoms with Gasteiger partial charge >= 0.3 is 6.09 Å². The van der Waals surface area contributed by atoms with Crippen LogP contribution in [0.2, 0.25) is 0 Å². The minimum Gasteiger partial charge on any atom is -0.418 e. The van der Waals surface area contributed by atoms with Crippen LogP contribution in [0.15, 0.2) is 42.7 Å². The smallest absolute Gasteiger partial charge is 0.415 e. The molecule has 6 N–H and O–H groups in total. The van der Waals surface area contributed by atoms with Crippen LogP contribution in [0, 0.1) is 29.6 Å². The summed E-state index contributed by atoms with van der Waals surface area (Å²) in [6.07, 6.45) is 7.43. The highest BCUT2D eigenvalue weighted by Gasteiger charge is 2.44. The second kappa shape index (κ2) is 32.6. The molecule has 0 aromatic heterocycles. The second-order valence-electron chi connectivity index (χ2n) is 20.9. The van der Waals surface area contributed by atoms with Gasteiger partial charge in [-0.15, -0.1) is 0 Å². The molecule has 72 heavy (non-hydrogen) atoms. The van der Waals surface area contributed by atoms with Gasteiger partial charge in [-0.05, 0) is 88.2 Å². The highest BCUT2D eigenvalue weighted by atomic mass is 16.5. The van der Waals surface area contributed by atoms with Crippen molar-refractivity contribution in [2.24, 2.45) is 35.3 Å². The number of benzene rings is 1. The van der Waals surface area contributed by atoms with Crippen molar-refractivity contribution in [3.63, 3.8) is 0 Å². The SMILES string of the molecule is CCCC(CC/C=C/OC(=O)N(C)C(C(=O)N[C@H](C(=O)N(C)C(C(C)CC)C(CC(=O)N1CCCC1C(OC)C(C)C(=O)NC(C)C(O)c1ccccc1)OC)C(C)C)C(C)C)C(=O)NCCCCC(C)N. The van der Waals surface area contributed by atoms with E-state index in [2.05, 4.69) is 16.0 Å². The van der Waals surface area contributed by atoms with Gasteiger partial charge in [0.15, 0.2) is 0 Å². The number of nitrogens with two attached hydrogens (primary N) is 1. The first-order chi connectivity index (χ1) is 34.1. The Bertz CT molecular complexity index is 1830. The van der Waals surface area contributed by atoms with Crippen LogP contribution in [0.25, 0.3) is 0 Å². The first-order valence-electron chi connectivity index (χ1n) is 26.6. The highest BCUT2D eigenvalue weighted by molar-refractivity contribution is 5.92. The van der Waals surface area contributed by atoms with Gasteiger partial charge < -0.3 is 50.8 Å². The van der Waals surface area contributed by atoms with Crippen LogP contribution in [-0.4, -0.2) is 145 Å². The molecule has 1 aliphatic rings. The van der Waals surface area contributed by atoms with Gasteiger partial charge in [0, 0.05) is 53.4 Å². The van der Waals surface area contributed by atoms with Gasteiger partial charge in [0.2, 0.25) is 29.5 Å². The van der Waals surface area contributed by atoms with Gasteiger partial charge in [0.1, 0.15) is 12.1 Å². The zero-order valence-corrected chi connectivity index (χ0v) is 46.4. The third-order valence-corrected chi connectivity index (χ3v) is 14.4. The third-order valence-electron chi connectivity index (χ3n) is 14.4. The summed E-state index contributed by atoms with van der Waals surface area (Å²) < 4.78 is 17.5. The van der Waals surface area contributed by atoms with Gasteiger partial charge in [-0.2, -0.15) is 0 Å². The second-order valence-corrected chi connectivity index (χ2v) is 20.9. The maximum atomic E-state index is 14.6. The lowest BCUT2D eigenvalue weighted by Gasteiger charge is -2.41. The predicted octanol–water partition coefficient (Wildman–Crippen LogP) is 6.72. The molecule has 0 aliphatic carbocycles. The molecule has 0 radical (unpaired) electrons. The number of ether oxygens (including phenoxy) is 3. The van der Waals surface area contributed by atoms with Crippen LogP contribution >= 0.6 is 0 Å². The summed E-state index contributed by atoms with van der Waals surface area (Å²) in [5, 5.41) is 19.9. The van der Waals surface area contributed by atoms with Crippen LogP contribution < -0.4 is 21.7 Å². The number of likely N-dealkylation sites (N-methyl/N-ethyl adjacent to an activating group) is 2. The molecule has 2 rings (SSSR count). The lowest BCUT2D eigenvalue weighted by atomic mass is 9.89. The summed E-state index contributed by atoms with van der Waals surface area (Å²) in [5.74, 6) is -2.99. The topological polar surface area (TPSA) is 222 Å². The average molecular weight is 1010 g/mol. The maximum Gasteiger partial charge on any atom is 0.415 e. The molecule has 12 atom stereocenters. The van der Waals surface area contributed by atoms with Crippen LogP contribution in [0.1, 0.15) is 152 Å². The van der Waals surface area contributed by atoms with Crippen LogP contribution in [0.5, 0.6) is 0 Å². The standard InChI is InChI=1S/C55H95N7O10/c1-15-25-42(52(66)57-31-22-20-26-38(8)56)29-21-23-33-72-55(69)61(12)47(36(5)6)53(67)59-46(35(3)4)54(68)60(11)48(37(7)16-2)44(70-13)34-45(63)62-32-24-30-43(62)50(71-14)39(9)51(65)58-40(10)49(64)41-27-18-17-19-28-41/h17-19,23,27-28,33,35-40,42-44,46-50,64H,15-16,20-22,24-26,29-32,34,56H2,1-14H3,(H,57,66)(H,58,65)(H,59,67)/b33-23+/t37?,38?,39?,40?,42?,43?,44?,46-,47?,48?,49?,50?/m0/s1. The number of likely N-dealkylation sites (tertiary alicyclic amines) is 1. The molecule has 0 bridgehead atoms.